The number of benzene rings is 1. The Labute approximate surface area is 119 Å². The first-order chi connectivity index (χ1) is 9.16. The number of nitrogens with zero attached hydrogens (tertiary/aromatic N) is 1. The minimum atomic E-state index is -0.426. The fourth-order valence-corrected chi connectivity index (χ4v) is 1.68. The summed E-state index contributed by atoms with van der Waals surface area (Å²) >= 11 is 11.6. The molecule has 0 atom stereocenters. The predicted molar refractivity (Wildman–Crippen MR) is 75.3 cm³/mol. The van der Waals surface area contributed by atoms with Crippen LogP contribution in [-0.4, -0.2) is 23.3 Å². The molecule has 1 aromatic carbocycles. The Morgan fingerprint density at radius 3 is 2.74 bits per heavy atom. The molecule has 2 aromatic rings. The summed E-state index contributed by atoms with van der Waals surface area (Å²) in [5, 5.41) is 9.61. The van der Waals surface area contributed by atoms with Crippen molar-refractivity contribution in [3.8, 4) is 5.75 Å². The molecule has 1 heterocycles. The Morgan fingerprint density at radius 2 is 2.00 bits per heavy atom. The van der Waals surface area contributed by atoms with Gasteiger partial charge >= 0.3 is 0 Å². The summed E-state index contributed by atoms with van der Waals surface area (Å²) in [6.07, 6.45) is 1.45. The molecule has 0 aliphatic rings. The van der Waals surface area contributed by atoms with Crippen molar-refractivity contribution in [2.45, 2.75) is 0 Å². The van der Waals surface area contributed by atoms with E-state index in [0.717, 1.165) is 5.75 Å². The number of aromatic amines is 1. The zero-order valence-electron chi connectivity index (χ0n) is 9.82. The van der Waals surface area contributed by atoms with Gasteiger partial charge < -0.3 is 10.1 Å². The number of halogens is 2. The van der Waals surface area contributed by atoms with Crippen LogP contribution in [0.2, 0.25) is 10.0 Å². The lowest BCUT2D eigenvalue weighted by atomic mass is 10.3. The molecule has 7 heteroatoms. The molecule has 0 fully saturated rings. The molecule has 0 unspecified atom stereocenters. The van der Waals surface area contributed by atoms with Crippen molar-refractivity contribution in [1.29, 1.82) is 0 Å². The lowest BCUT2D eigenvalue weighted by Crippen LogP contribution is -2.16. The van der Waals surface area contributed by atoms with Crippen molar-refractivity contribution >= 4 is 28.9 Å². The third-order valence-corrected chi connectivity index (χ3v) is 2.92. The highest BCUT2D eigenvalue weighted by molar-refractivity contribution is 6.32. The largest absolute Gasteiger partial charge is 0.492 e. The molecule has 2 N–H and O–H groups in total. The van der Waals surface area contributed by atoms with Crippen molar-refractivity contribution in [3.05, 3.63) is 50.9 Å². The predicted octanol–water partition coefficient (Wildman–Crippen LogP) is 2.57. The molecule has 100 valence electrons. The molecule has 0 radical (unpaired) electrons. The number of hydrogen-bond donors (Lipinski definition) is 2. The van der Waals surface area contributed by atoms with Crippen LogP contribution in [0.25, 0.3) is 0 Å². The van der Waals surface area contributed by atoms with Gasteiger partial charge in [0.2, 0.25) is 0 Å². The number of hydrogen-bond acceptors (Lipinski definition) is 4. The number of aromatic nitrogens is 2. The Hall–Kier alpha value is -1.72. The van der Waals surface area contributed by atoms with Gasteiger partial charge in [0, 0.05) is 11.6 Å². The van der Waals surface area contributed by atoms with E-state index in [1.165, 1.54) is 6.20 Å². The molecule has 5 nitrogen and oxygen atoms in total. The van der Waals surface area contributed by atoms with E-state index in [0.29, 0.717) is 23.9 Å². The van der Waals surface area contributed by atoms with Crippen molar-refractivity contribution in [3.63, 3.8) is 0 Å². The lowest BCUT2D eigenvalue weighted by molar-refractivity contribution is 0.333. The molecular formula is C12H11Cl2N3O2. The molecule has 1 aromatic heterocycles. The summed E-state index contributed by atoms with van der Waals surface area (Å²) in [7, 11) is 0. The maximum atomic E-state index is 11.2. The van der Waals surface area contributed by atoms with Gasteiger partial charge in [0.15, 0.2) is 0 Å². The molecule has 0 saturated heterocycles. The third-order valence-electron chi connectivity index (χ3n) is 2.30. The van der Waals surface area contributed by atoms with Crippen LogP contribution >= 0.6 is 23.2 Å². The Morgan fingerprint density at radius 1 is 1.26 bits per heavy atom. The van der Waals surface area contributed by atoms with E-state index < -0.39 is 5.56 Å². The first-order valence-corrected chi connectivity index (χ1v) is 6.28. The fourth-order valence-electron chi connectivity index (χ4n) is 1.39. The molecule has 0 aliphatic heterocycles. The van der Waals surface area contributed by atoms with Crippen molar-refractivity contribution in [2.75, 3.05) is 18.5 Å². The van der Waals surface area contributed by atoms with Crippen LogP contribution in [0, 0.1) is 0 Å². The summed E-state index contributed by atoms with van der Waals surface area (Å²) in [6, 6.07) is 7.07. The second kappa shape index (κ2) is 6.45. The van der Waals surface area contributed by atoms with Gasteiger partial charge in [-0.05, 0) is 24.3 Å². The van der Waals surface area contributed by atoms with Crippen molar-refractivity contribution < 1.29 is 4.74 Å². The highest BCUT2D eigenvalue weighted by Crippen LogP contribution is 2.16. The second-order valence-corrected chi connectivity index (χ2v) is 4.47. The van der Waals surface area contributed by atoms with Gasteiger partial charge in [-0.2, -0.15) is 5.10 Å². The van der Waals surface area contributed by atoms with E-state index >= 15 is 0 Å². The van der Waals surface area contributed by atoms with Gasteiger partial charge in [-0.25, -0.2) is 5.10 Å². The Balaban J connectivity index is 1.82. The molecule has 0 amide bonds. The summed E-state index contributed by atoms with van der Waals surface area (Å²) in [5.41, 5.74) is 0.0513. The number of anilines is 1. The topological polar surface area (TPSA) is 67.0 Å². The van der Waals surface area contributed by atoms with Crippen LogP contribution in [0.15, 0.2) is 35.3 Å². The average Bonchev–Trinajstić information content (AvgIpc) is 2.41. The summed E-state index contributed by atoms with van der Waals surface area (Å²) in [6.45, 7) is 0.915. The summed E-state index contributed by atoms with van der Waals surface area (Å²) < 4.78 is 5.48. The van der Waals surface area contributed by atoms with E-state index in [9.17, 15) is 4.79 Å². The second-order valence-electron chi connectivity index (χ2n) is 3.66. The maximum Gasteiger partial charge on any atom is 0.285 e. The molecule has 0 spiro atoms. The van der Waals surface area contributed by atoms with Gasteiger partial charge in [-0.1, -0.05) is 23.2 Å². The monoisotopic (exact) mass is 299 g/mol. The summed E-state index contributed by atoms with van der Waals surface area (Å²) in [4.78, 5) is 11.2. The lowest BCUT2D eigenvalue weighted by Gasteiger charge is -2.08. The minimum Gasteiger partial charge on any atom is -0.492 e. The van der Waals surface area contributed by atoms with E-state index in [4.69, 9.17) is 27.9 Å². The third kappa shape index (κ3) is 3.87. The fraction of sp³-hybridized carbons (Fsp3) is 0.167. The van der Waals surface area contributed by atoms with Gasteiger partial charge in [0.25, 0.3) is 5.56 Å². The molecule has 0 bridgehead atoms. The van der Waals surface area contributed by atoms with Crippen LogP contribution in [0.1, 0.15) is 0 Å². The zero-order chi connectivity index (χ0) is 13.7. The van der Waals surface area contributed by atoms with E-state index in [1.807, 2.05) is 0 Å². The van der Waals surface area contributed by atoms with E-state index in [2.05, 4.69) is 15.5 Å². The molecule has 2 rings (SSSR count). The van der Waals surface area contributed by atoms with Gasteiger partial charge in [0.05, 0.1) is 11.9 Å². The average molecular weight is 300 g/mol. The zero-order valence-corrected chi connectivity index (χ0v) is 11.3. The standard InChI is InChI=1S/C12H11Cl2N3O2/c13-8-1-3-9(4-2-8)19-6-5-15-10-7-16-17-12(18)11(10)14/h1-4,7H,5-6H2,(H2,15,17,18). The van der Waals surface area contributed by atoms with Crippen LogP contribution in [0.4, 0.5) is 5.69 Å². The molecule has 0 aliphatic carbocycles. The van der Waals surface area contributed by atoms with Crippen LogP contribution in [0.3, 0.4) is 0 Å². The first-order valence-electron chi connectivity index (χ1n) is 5.52. The van der Waals surface area contributed by atoms with E-state index in [-0.39, 0.29) is 5.02 Å². The molecule has 19 heavy (non-hydrogen) atoms. The van der Waals surface area contributed by atoms with Crippen molar-refractivity contribution in [1.82, 2.24) is 10.2 Å². The smallest absolute Gasteiger partial charge is 0.285 e. The first kappa shape index (κ1) is 13.7. The Kier molecular flexibility index (Phi) is 4.65. The SMILES string of the molecule is O=c1[nH]ncc(NCCOc2ccc(Cl)cc2)c1Cl. The number of H-pyrrole nitrogens is 1. The molecule has 0 saturated carbocycles. The summed E-state index contributed by atoms with van der Waals surface area (Å²) in [5.74, 6) is 0.723. The van der Waals surface area contributed by atoms with E-state index in [1.54, 1.807) is 24.3 Å². The van der Waals surface area contributed by atoms with Gasteiger partial charge in [0.1, 0.15) is 17.4 Å². The van der Waals surface area contributed by atoms with Gasteiger partial charge in [-0.3, -0.25) is 4.79 Å². The molecular weight excluding hydrogens is 289 g/mol. The highest BCUT2D eigenvalue weighted by Gasteiger charge is 2.03. The van der Waals surface area contributed by atoms with Gasteiger partial charge in [-0.15, -0.1) is 0 Å². The number of rotatable bonds is 5. The van der Waals surface area contributed by atoms with Crippen LogP contribution in [-0.2, 0) is 0 Å². The minimum absolute atomic E-state index is 0.0847. The van der Waals surface area contributed by atoms with Crippen LogP contribution in [0.5, 0.6) is 5.75 Å². The Bertz CT molecular complexity index is 599. The number of ether oxygens (including phenoxy) is 1. The van der Waals surface area contributed by atoms with Crippen molar-refractivity contribution in [2.24, 2.45) is 0 Å². The van der Waals surface area contributed by atoms with Crippen LogP contribution < -0.4 is 15.6 Å². The maximum absolute atomic E-state index is 11.2. The normalized spacial score (nSPS) is 10.2. The quantitative estimate of drug-likeness (QED) is 0.833. The highest BCUT2D eigenvalue weighted by atomic mass is 35.5. The number of nitrogens with one attached hydrogen (secondary N) is 2.